The summed E-state index contributed by atoms with van der Waals surface area (Å²) >= 11 is 4.43. The van der Waals surface area contributed by atoms with Gasteiger partial charge in [-0.15, -0.1) is 11.3 Å². The van der Waals surface area contributed by atoms with E-state index in [0.29, 0.717) is 33.8 Å². The van der Waals surface area contributed by atoms with Crippen LogP contribution in [0, 0.1) is 0 Å². The van der Waals surface area contributed by atoms with Crippen molar-refractivity contribution in [3.63, 3.8) is 0 Å². The summed E-state index contributed by atoms with van der Waals surface area (Å²) in [4.78, 5) is 41.7. The van der Waals surface area contributed by atoms with Crippen molar-refractivity contribution in [1.29, 1.82) is 0 Å². The molecule has 0 aliphatic carbocycles. The van der Waals surface area contributed by atoms with Gasteiger partial charge in [0.1, 0.15) is 17.2 Å². The monoisotopic (exact) mass is 465 g/mol. The first-order chi connectivity index (χ1) is 13.4. The second-order valence-electron chi connectivity index (χ2n) is 5.82. The number of hydrogen-bond donors (Lipinski definition) is 2. The number of anilines is 1. The molecule has 3 rings (SSSR count). The van der Waals surface area contributed by atoms with Gasteiger partial charge in [0, 0.05) is 23.4 Å². The number of carboxylic acids is 1. The number of amides is 1. The molecule has 0 saturated heterocycles. The van der Waals surface area contributed by atoms with Gasteiger partial charge < -0.3 is 15.2 Å². The van der Waals surface area contributed by atoms with Gasteiger partial charge in [0.2, 0.25) is 5.91 Å². The number of hydrogen-bond acceptors (Lipinski definition) is 6. The van der Waals surface area contributed by atoms with Gasteiger partial charge in [0.05, 0.1) is 23.2 Å². The van der Waals surface area contributed by atoms with Gasteiger partial charge in [-0.3, -0.25) is 14.2 Å². The number of nitrogens with zero attached hydrogens (tertiary/aromatic N) is 2. The molecule has 0 atom stereocenters. The first-order valence-corrected chi connectivity index (χ1v) is 9.87. The number of thiophene rings is 1. The number of nitrogens with one attached hydrogen (secondary N) is 1. The maximum atomic E-state index is 13.0. The maximum absolute atomic E-state index is 13.0. The van der Waals surface area contributed by atoms with Gasteiger partial charge in [-0.1, -0.05) is 12.1 Å². The van der Waals surface area contributed by atoms with Crippen LogP contribution >= 0.6 is 27.3 Å². The molecule has 2 aromatic heterocycles. The number of fused-ring (bicyclic) bond motifs is 1. The van der Waals surface area contributed by atoms with Crippen molar-refractivity contribution in [1.82, 2.24) is 9.55 Å². The van der Waals surface area contributed by atoms with Crippen molar-refractivity contribution in [3.8, 4) is 0 Å². The molecule has 0 spiro atoms. The van der Waals surface area contributed by atoms with Gasteiger partial charge in [-0.25, -0.2) is 9.78 Å². The van der Waals surface area contributed by atoms with Crippen LogP contribution in [-0.2, 0) is 22.5 Å². The number of carboxylic acid groups (broad SMARTS) is 1. The van der Waals surface area contributed by atoms with Crippen LogP contribution in [0.25, 0.3) is 10.2 Å². The molecule has 0 saturated carbocycles. The number of benzene rings is 1. The minimum Gasteiger partial charge on any atom is -0.478 e. The topological polar surface area (TPSA) is 111 Å². The molecule has 1 amide bonds. The SMILES string of the molecule is COCCc1nc2scc(C(=O)O)c2c(=O)n1CC(=O)Nc1ccccc1Br. The third-order valence-electron chi connectivity index (χ3n) is 3.98. The van der Waals surface area contributed by atoms with E-state index in [9.17, 15) is 19.5 Å². The van der Waals surface area contributed by atoms with Crippen LogP contribution in [0.4, 0.5) is 5.69 Å². The third-order valence-corrected chi connectivity index (χ3v) is 5.55. The average Bonchev–Trinajstić information content (AvgIpc) is 3.09. The standard InChI is InChI=1S/C18H16BrN3O5S/c1-27-7-6-13-21-16-15(10(9-28-16)18(25)26)17(24)22(13)8-14(23)20-12-5-3-2-4-11(12)19/h2-5,9H,6-8H2,1H3,(H,20,23)(H,25,26). The van der Waals surface area contributed by atoms with Crippen LogP contribution in [0.15, 0.2) is 38.9 Å². The number of aromatic carboxylic acids is 1. The summed E-state index contributed by atoms with van der Waals surface area (Å²) in [7, 11) is 1.52. The largest absolute Gasteiger partial charge is 0.478 e. The van der Waals surface area contributed by atoms with E-state index in [4.69, 9.17) is 4.74 Å². The first kappa shape index (κ1) is 20.2. The lowest BCUT2D eigenvalue weighted by atomic mass is 10.2. The smallest absolute Gasteiger partial charge is 0.337 e. The van der Waals surface area contributed by atoms with E-state index in [2.05, 4.69) is 26.2 Å². The van der Waals surface area contributed by atoms with Gasteiger partial charge >= 0.3 is 5.97 Å². The van der Waals surface area contributed by atoms with Crippen LogP contribution in [-0.4, -0.2) is 40.3 Å². The fourth-order valence-electron chi connectivity index (χ4n) is 2.67. The molecule has 146 valence electrons. The number of ether oxygens (including phenoxy) is 1. The van der Waals surface area contributed by atoms with E-state index in [1.807, 2.05) is 6.07 Å². The van der Waals surface area contributed by atoms with Gasteiger partial charge in [0.15, 0.2) is 0 Å². The number of carbonyl (C=O) groups excluding carboxylic acids is 1. The summed E-state index contributed by atoms with van der Waals surface area (Å²) in [5.74, 6) is -1.28. The fraction of sp³-hybridized carbons (Fsp3) is 0.222. The number of methoxy groups -OCH3 is 1. The summed E-state index contributed by atoms with van der Waals surface area (Å²) in [6, 6.07) is 7.09. The Morgan fingerprint density at radius 2 is 2.11 bits per heavy atom. The van der Waals surface area contributed by atoms with E-state index in [1.54, 1.807) is 18.2 Å². The summed E-state index contributed by atoms with van der Waals surface area (Å²) < 4.78 is 6.96. The highest BCUT2D eigenvalue weighted by molar-refractivity contribution is 9.10. The Labute approximate surface area is 171 Å². The maximum Gasteiger partial charge on any atom is 0.337 e. The summed E-state index contributed by atoms with van der Waals surface area (Å²) in [6.45, 7) is 0.0119. The summed E-state index contributed by atoms with van der Waals surface area (Å²) in [6.07, 6.45) is 0.310. The average molecular weight is 466 g/mol. The van der Waals surface area contributed by atoms with E-state index in [1.165, 1.54) is 17.1 Å². The highest BCUT2D eigenvalue weighted by atomic mass is 79.9. The molecule has 1 aromatic carbocycles. The molecule has 0 bridgehead atoms. The minimum absolute atomic E-state index is 0.00681. The molecule has 0 unspecified atom stereocenters. The van der Waals surface area contributed by atoms with Gasteiger partial charge in [-0.2, -0.15) is 0 Å². The zero-order chi connectivity index (χ0) is 20.3. The Hall–Kier alpha value is -2.56. The van der Waals surface area contributed by atoms with Crippen LogP contribution in [0.2, 0.25) is 0 Å². The molecular formula is C18H16BrN3O5S. The van der Waals surface area contributed by atoms with Crippen LogP contribution < -0.4 is 10.9 Å². The molecule has 0 radical (unpaired) electrons. The highest BCUT2D eigenvalue weighted by Gasteiger charge is 2.21. The Bertz CT molecular complexity index is 1110. The Balaban J connectivity index is 2.01. The number of carbonyl (C=O) groups is 2. The second-order valence-corrected chi connectivity index (χ2v) is 7.54. The van der Waals surface area contributed by atoms with E-state index in [0.717, 1.165) is 11.3 Å². The summed E-state index contributed by atoms with van der Waals surface area (Å²) in [5, 5.41) is 13.5. The Kier molecular flexibility index (Phi) is 6.22. The molecule has 10 heteroatoms. The first-order valence-electron chi connectivity index (χ1n) is 8.20. The van der Waals surface area contributed by atoms with Crippen molar-refractivity contribution in [2.24, 2.45) is 0 Å². The molecule has 8 nitrogen and oxygen atoms in total. The molecule has 2 heterocycles. The number of rotatable bonds is 7. The lowest BCUT2D eigenvalue weighted by Gasteiger charge is -2.13. The Morgan fingerprint density at radius 3 is 2.79 bits per heavy atom. The predicted molar refractivity (Wildman–Crippen MR) is 109 cm³/mol. The lowest BCUT2D eigenvalue weighted by Crippen LogP contribution is -2.32. The van der Waals surface area contributed by atoms with Gasteiger partial charge in [0.25, 0.3) is 5.56 Å². The van der Waals surface area contributed by atoms with Crippen molar-refractivity contribution in [2.75, 3.05) is 19.0 Å². The van der Waals surface area contributed by atoms with Crippen LogP contribution in [0.5, 0.6) is 0 Å². The Morgan fingerprint density at radius 1 is 1.36 bits per heavy atom. The molecule has 0 aliphatic rings. The molecular weight excluding hydrogens is 450 g/mol. The molecule has 0 fully saturated rings. The third kappa shape index (κ3) is 4.13. The van der Waals surface area contributed by atoms with Crippen LogP contribution in [0.3, 0.4) is 0 Å². The fourth-order valence-corrected chi connectivity index (χ4v) is 3.97. The molecule has 0 aliphatic heterocycles. The minimum atomic E-state index is -1.21. The number of para-hydroxylation sites is 1. The quantitative estimate of drug-likeness (QED) is 0.554. The molecule has 3 aromatic rings. The van der Waals surface area contributed by atoms with Crippen LogP contribution in [0.1, 0.15) is 16.2 Å². The van der Waals surface area contributed by atoms with Crippen molar-refractivity contribution in [2.45, 2.75) is 13.0 Å². The number of aromatic nitrogens is 2. The van der Waals surface area contributed by atoms with Crippen molar-refractivity contribution < 1.29 is 19.4 Å². The predicted octanol–water partition coefficient (Wildman–Crippen LogP) is 2.75. The lowest BCUT2D eigenvalue weighted by molar-refractivity contribution is -0.116. The van der Waals surface area contributed by atoms with Crippen molar-refractivity contribution in [3.05, 3.63) is 55.9 Å². The second kappa shape index (κ2) is 8.63. The van der Waals surface area contributed by atoms with Crippen molar-refractivity contribution >= 4 is 55.0 Å². The van der Waals surface area contributed by atoms with E-state index >= 15 is 0 Å². The normalized spacial score (nSPS) is 10.9. The zero-order valence-electron chi connectivity index (χ0n) is 14.8. The van der Waals surface area contributed by atoms with E-state index in [-0.39, 0.29) is 17.5 Å². The summed E-state index contributed by atoms with van der Waals surface area (Å²) in [5.41, 5.74) is -0.109. The number of halogens is 1. The zero-order valence-corrected chi connectivity index (χ0v) is 17.2. The highest BCUT2D eigenvalue weighted by Crippen LogP contribution is 2.23. The molecule has 2 N–H and O–H groups in total. The molecule has 28 heavy (non-hydrogen) atoms. The van der Waals surface area contributed by atoms with E-state index < -0.39 is 17.4 Å². The van der Waals surface area contributed by atoms with Gasteiger partial charge in [-0.05, 0) is 28.1 Å².